The van der Waals surface area contributed by atoms with Crippen LogP contribution in [0.2, 0.25) is 0 Å². The first-order valence-electron chi connectivity index (χ1n) is 9.94. The van der Waals surface area contributed by atoms with Crippen LogP contribution in [0.15, 0.2) is 60.7 Å². The summed E-state index contributed by atoms with van der Waals surface area (Å²) in [5.74, 6) is -0.263. The number of hydrogen-bond acceptors (Lipinski definition) is 2. The van der Waals surface area contributed by atoms with Gasteiger partial charge in [-0.3, -0.25) is 0 Å². The molecule has 2 rings (SSSR count). The van der Waals surface area contributed by atoms with Crippen LogP contribution in [0.1, 0.15) is 52.3 Å². The average molecular weight is 328 g/mol. The van der Waals surface area contributed by atoms with E-state index < -0.39 is 12.8 Å². The molecule has 0 aliphatic carbocycles. The lowest BCUT2D eigenvalue weighted by Gasteiger charge is -2.28. The number of benzene rings is 2. The third-order valence-corrected chi connectivity index (χ3v) is 4.10. The molecule has 0 heterocycles. The lowest BCUT2D eigenvalue weighted by molar-refractivity contribution is 0.123. The second-order valence-electron chi connectivity index (χ2n) is 5.66. The second kappa shape index (κ2) is 11.0. The second-order valence-corrected chi connectivity index (χ2v) is 5.66. The van der Waals surface area contributed by atoms with Crippen molar-refractivity contribution < 1.29 is 12.2 Å². The molecule has 0 fully saturated rings. The molecule has 0 aliphatic rings. The molecule has 0 radical (unpaired) electrons. The van der Waals surface area contributed by atoms with Gasteiger partial charge in [0.15, 0.2) is 0 Å². The normalized spacial score (nSPS) is 17.4. The van der Waals surface area contributed by atoms with E-state index in [4.69, 9.17) is 12.2 Å². The Balaban J connectivity index is 2.42. The summed E-state index contributed by atoms with van der Waals surface area (Å²) in [6.07, 6.45) is -0.894. The van der Waals surface area contributed by atoms with Crippen molar-refractivity contribution in [2.75, 3.05) is 26.4 Å². The lowest BCUT2D eigenvalue weighted by atomic mass is 9.78. The molecule has 0 aliphatic heterocycles. The van der Waals surface area contributed by atoms with E-state index in [1.165, 1.54) is 0 Å². The van der Waals surface area contributed by atoms with Crippen LogP contribution in [-0.2, 0) is 9.47 Å². The Morgan fingerprint density at radius 2 is 1.08 bits per heavy atom. The van der Waals surface area contributed by atoms with E-state index in [-0.39, 0.29) is 11.8 Å². The van der Waals surface area contributed by atoms with Crippen molar-refractivity contribution in [2.45, 2.75) is 38.5 Å². The van der Waals surface area contributed by atoms with Gasteiger partial charge in [-0.25, -0.2) is 0 Å². The molecule has 2 heteroatoms. The predicted molar refractivity (Wildman–Crippen MR) is 101 cm³/mol. The van der Waals surface area contributed by atoms with Gasteiger partial charge in [-0.05, 0) is 49.6 Å². The Morgan fingerprint density at radius 3 is 1.42 bits per heavy atom. The summed E-state index contributed by atoms with van der Waals surface area (Å²) < 4.78 is 28.7. The van der Waals surface area contributed by atoms with E-state index in [0.29, 0.717) is 26.4 Å². The van der Waals surface area contributed by atoms with Crippen molar-refractivity contribution in [3.63, 3.8) is 0 Å². The van der Waals surface area contributed by atoms with E-state index in [9.17, 15) is 0 Å². The summed E-state index contributed by atoms with van der Waals surface area (Å²) >= 11 is 0. The summed E-state index contributed by atoms with van der Waals surface area (Å²) in [7, 11) is 0. The number of rotatable bonds is 11. The largest absolute Gasteiger partial charge is 0.382 e. The Kier molecular flexibility index (Phi) is 7.28. The van der Waals surface area contributed by atoms with Crippen LogP contribution in [-0.4, -0.2) is 26.4 Å². The maximum Gasteiger partial charge on any atom is 0.0471 e. The molecule has 4 unspecified atom stereocenters. The van der Waals surface area contributed by atoms with E-state index in [1.54, 1.807) is 0 Å². The van der Waals surface area contributed by atoms with Crippen LogP contribution in [0.5, 0.6) is 0 Å². The molecule has 24 heavy (non-hydrogen) atoms. The van der Waals surface area contributed by atoms with Gasteiger partial charge in [0, 0.05) is 29.2 Å². The molecular formula is C22H30O2. The first kappa shape index (κ1) is 15.9. The zero-order valence-corrected chi connectivity index (χ0v) is 14.7. The van der Waals surface area contributed by atoms with Crippen LogP contribution in [0.25, 0.3) is 0 Å². The third-order valence-electron chi connectivity index (χ3n) is 4.10. The van der Waals surface area contributed by atoms with Crippen molar-refractivity contribution in [2.24, 2.45) is 0 Å². The lowest BCUT2D eigenvalue weighted by Crippen LogP contribution is -2.16. The Morgan fingerprint density at radius 1 is 0.708 bits per heavy atom. The minimum atomic E-state index is -0.447. The smallest absolute Gasteiger partial charge is 0.0471 e. The zero-order chi connectivity index (χ0) is 18.8. The number of hydrogen-bond donors (Lipinski definition) is 0. The van der Waals surface area contributed by atoms with Gasteiger partial charge in [0.25, 0.3) is 0 Å². The van der Waals surface area contributed by atoms with Gasteiger partial charge in [-0.1, -0.05) is 60.7 Å². The van der Waals surface area contributed by atoms with Gasteiger partial charge in [-0.15, -0.1) is 0 Å². The Hall–Kier alpha value is -1.64. The van der Waals surface area contributed by atoms with Crippen molar-refractivity contribution in [3.8, 4) is 0 Å². The first-order valence-corrected chi connectivity index (χ1v) is 8.78. The highest BCUT2D eigenvalue weighted by Crippen LogP contribution is 2.38. The third kappa shape index (κ3) is 5.77. The van der Waals surface area contributed by atoms with Gasteiger partial charge in [0.2, 0.25) is 0 Å². The van der Waals surface area contributed by atoms with Crippen LogP contribution < -0.4 is 0 Å². The molecule has 4 atom stereocenters. The SMILES string of the molecule is [2H]C(COCC)C(c1ccccc1)C(c1ccccc1)C([2H])COCC. The van der Waals surface area contributed by atoms with Gasteiger partial charge >= 0.3 is 0 Å². The van der Waals surface area contributed by atoms with Crippen LogP contribution in [0.3, 0.4) is 0 Å². The zero-order valence-electron chi connectivity index (χ0n) is 16.7. The molecule has 0 saturated carbocycles. The molecule has 130 valence electrons. The summed E-state index contributed by atoms with van der Waals surface area (Å²) in [5.41, 5.74) is 2.16. The van der Waals surface area contributed by atoms with Crippen molar-refractivity contribution in [1.29, 1.82) is 0 Å². The van der Waals surface area contributed by atoms with Crippen molar-refractivity contribution in [3.05, 3.63) is 71.8 Å². The monoisotopic (exact) mass is 328 g/mol. The molecule has 0 amide bonds. The molecule has 2 aromatic rings. The summed E-state index contributed by atoms with van der Waals surface area (Å²) in [6, 6.07) is 20.2. The Labute approximate surface area is 149 Å². The topological polar surface area (TPSA) is 18.5 Å². The van der Waals surface area contributed by atoms with E-state index in [2.05, 4.69) is 24.3 Å². The van der Waals surface area contributed by atoms with E-state index >= 15 is 0 Å². The summed E-state index contributed by atoms with van der Waals surface area (Å²) in [6.45, 7) is 5.80. The fourth-order valence-corrected chi connectivity index (χ4v) is 2.91. The maximum absolute atomic E-state index is 8.77. The van der Waals surface area contributed by atoms with Gasteiger partial charge in [0.05, 0.1) is 0 Å². The van der Waals surface area contributed by atoms with Crippen LogP contribution in [0.4, 0.5) is 0 Å². The fourth-order valence-electron chi connectivity index (χ4n) is 2.91. The van der Waals surface area contributed by atoms with Gasteiger partial charge in [-0.2, -0.15) is 0 Å². The molecule has 0 N–H and O–H groups in total. The quantitative estimate of drug-likeness (QED) is 0.549. The minimum Gasteiger partial charge on any atom is -0.382 e. The highest BCUT2D eigenvalue weighted by atomic mass is 16.5. The number of ether oxygens (including phenoxy) is 2. The molecule has 2 nitrogen and oxygen atoms in total. The Bertz CT molecular complexity index is 551. The van der Waals surface area contributed by atoms with Crippen molar-refractivity contribution >= 4 is 0 Å². The highest BCUT2D eigenvalue weighted by molar-refractivity contribution is 5.28. The molecule has 0 bridgehead atoms. The minimum absolute atomic E-state index is 0.131. The van der Waals surface area contributed by atoms with Crippen LogP contribution in [0, 0.1) is 0 Å². The molecule has 0 saturated heterocycles. The first-order chi connectivity index (χ1) is 12.7. The maximum atomic E-state index is 8.77. The summed E-state index contributed by atoms with van der Waals surface area (Å²) in [4.78, 5) is 0. The summed E-state index contributed by atoms with van der Waals surface area (Å²) in [5, 5.41) is 0. The van der Waals surface area contributed by atoms with Gasteiger partial charge in [0.1, 0.15) is 0 Å². The predicted octanol–water partition coefficient (Wildman–Crippen LogP) is 5.41. The molecule has 2 aromatic carbocycles. The average Bonchev–Trinajstić information content (AvgIpc) is 2.69. The molecule has 0 spiro atoms. The molecular weight excluding hydrogens is 296 g/mol. The standard InChI is InChI=1S/C22H30O2/c1-3-23-17-15-21(19-11-7-5-8-12-19)22(16-18-24-4-2)20-13-9-6-10-14-20/h5-14,21-22H,3-4,15-18H2,1-2H3/i15D,16D. The van der Waals surface area contributed by atoms with E-state index in [1.807, 2.05) is 50.2 Å². The fraction of sp³-hybridized carbons (Fsp3) is 0.455. The molecule has 0 aromatic heterocycles. The van der Waals surface area contributed by atoms with Crippen LogP contribution >= 0.6 is 0 Å². The van der Waals surface area contributed by atoms with Crippen molar-refractivity contribution in [1.82, 2.24) is 0 Å². The highest BCUT2D eigenvalue weighted by Gasteiger charge is 2.24. The van der Waals surface area contributed by atoms with Gasteiger partial charge < -0.3 is 9.47 Å². The van der Waals surface area contributed by atoms with E-state index in [0.717, 1.165) is 11.1 Å².